The van der Waals surface area contributed by atoms with E-state index in [9.17, 15) is 4.79 Å². The summed E-state index contributed by atoms with van der Waals surface area (Å²) in [5.41, 5.74) is 0. The molecule has 1 unspecified atom stereocenters. The van der Waals surface area contributed by atoms with E-state index in [1.165, 1.54) is 0 Å². The van der Waals surface area contributed by atoms with E-state index >= 15 is 0 Å². The summed E-state index contributed by atoms with van der Waals surface area (Å²) < 4.78 is 0. The summed E-state index contributed by atoms with van der Waals surface area (Å²) in [5.74, 6) is 0.234. The van der Waals surface area contributed by atoms with E-state index in [0.29, 0.717) is 0 Å². The molecule has 10 heavy (non-hydrogen) atoms. The smallest absolute Gasteiger partial charge is 0.236 e. The van der Waals surface area contributed by atoms with Crippen molar-refractivity contribution in [2.75, 3.05) is 13.6 Å². The van der Waals surface area contributed by atoms with Crippen molar-refractivity contribution in [2.45, 2.75) is 24.1 Å². The summed E-state index contributed by atoms with van der Waals surface area (Å²) in [7, 11) is 1.86. The Balaban J connectivity index is 2.55. The number of rotatable bonds is 0. The molecule has 0 aromatic heterocycles. The third kappa shape index (κ3) is 1.72. The van der Waals surface area contributed by atoms with Gasteiger partial charge in [-0.15, -0.1) is 0 Å². The normalized spacial score (nSPS) is 28.4. The molecule has 0 spiro atoms. The summed E-state index contributed by atoms with van der Waals surface area (Å²) in [6.45, 7) is 0.918. The van der Waals surface area contributed by atoms with Crippen molar-refractivity contribution < 1.29 is 4.79 Å². The first-order chi connectivity index (χ1) is 4.72. The number of amides is 1. The highest BCUT2D eigenvalue weighted by molar-refractivity contribution is 9.10. The predicted molar refractivity (Wildman–Crippen MR) is 44.2 cm³/mol. The van der Waals surface area contributed by atoms with Crippen LogP contribution in [0.1, 0.15) is 19.3 Å². The molecule has 0 aromatic rings. The van der Waals surface area contributed by atoms with Gasteiger partial charge in [-0.2, -0.15) is 0 Å². The Kier molecular flexibility index (Phi) is 2.72. The molecule has 2 nitrogen and oxygen atoms in total. The monoisotopic (exact) mass is 205 g/mol. The van der Waals surface area contributed by atoms with Gasteiger partial charge >= 0.3 is 0 Å². The van der Waals surface area contributed by atoms with Crippen LogP contribution in [-0.2, 0) is 4.79 Å². The average molecular weight is 206 g/mol. The molecule has 0 aromatic carbocycles. The molecule has 0 N–H and O–H groups in total. The van der Waals surface area contributed by atoms with Crippen molar-refractivity contribution in [1.82, 2.24) is 4.90 Å². The Morgan fingerprint density at radius 1 is 1.60 bits per heavy atom. The highest BCUT2D eigenvalue weighted by atomic mass is 79.9. The largest absolute Gasteiger partial charge is 0.345 e. The first kappa shape index (κ1) is 8.05. The Hall–Kier alpha value is -0.0500. The molecule has 1 aliphatic heterocycles. The molecular formula is C7H12BrNO. The molecule has 1 rings (SSSR count). The second-order valence-electron chi connectivity index (χ2n) is 2.72. The fourth-order valence-corrected chi connectivity index (χ4v) is 1.82. The number of alkyl halides is 1. The number of carbonyl (C=O) groups excluding carboxylic acids is 1. The molecule has 1 amide bonds. The van der Waals surface area contributed by atoms with Gasteiger partial charge in [0.15, 0.2) is 0 Å². The van der Waals surface area contributed by atoms with E-state index in [1.807, 2.05) is 7.05 Å². The molecule has 1 atom stereocenters. The maximum Gasteiger partial charge on any atom is 0.236 e. The van der Waals surface area contributed by atoms with Crippen LogP contribution >= 0.6 is 15.9 Å². The molecule has 0 saturated carbocycles. The van der Waals surface area contributed by atoms with Crippen molar-refractivity contribution in [3.63, 3.8) is 0 Å². The molecule has 0 bridgehead atoms. The third-order valence-electron chi connectivity index (χ3n) is 1.85. The van der Waals surface area contributed by atoms with Crippen LogP contribution in [0, 0.1) is 0 Å². The second-order valence-corrected chi connectivity index (χ2v) is 3.83. The Bertz CT molecular complexity index is 124. The zero-order valence-corrected chi connectivity index (χ0v) is 7.73. The lowest BCUT2D eigenvalue weighted by Crippen LogP contribution is -2.31. The van der Waals surface area contributed by atoms with Gasteiger partial charge in [-0.25, -0.2) is 0 Å². The van der Waals surface area contributed by atoms with Gasteiger partial charge in [0.25, 0.3) is 0 Å². The quantitative estimate of drug-likeness (QED) is 0.548. The van der Waals surface area contributed by atoms with Gasteiger partial charge < -0.3 is 4.90 Å². The number of likely N-dealkylation sites (tertiary alicyclic amines) is 1. The molecule has 0 radical (unpaired) electrons. The molecule has 1 heterocycles. The van der Waals surface area contributed by atoms with Crippen LogP contribution in [0.5, 0.6) is 0 Å². The van der Waals surface area contributed by atoms with Gasteiger partial charge in [-0.05, 0) is 12.8 Å². The molecule has 1 fully saturated rings. The molecule has 0 aliphatic carbocycles. The van der Waals surface area contributed by atoms with E-state index in [4.69, 9.17) is 0 Å². The van der Waals surface area contributed by atoms with Crippen LogP contribution in [0.25, 0.3) is 0 Å². The molecule has 1 saturated heterocycles. The van der Waals surface area contributed by atoms with E-state index in [-0.39, 0.29) is 10.7 Å². The zero-order chi connectivity index (χ0) is 7.56. The predicted octanol–water partition coefficient (Wildman–Crippen LogP) is 1.39. The topological polar surface area (TPSA) is 20.3 Å². The van der Waals surface area contributed by atoms with Crippen molar-refractivity contribution in [1.29, 1.82) is 0 Å². The molecule has 58 valence electrons. The van der Waals surface area contributed by atoms with Crippen molar-refractivity contribution >= 4 is 21.8 Å². The van der Waals surface area contributed by atoms with Crippen LogP contribution in [0.2, 0.25) is 0 Å². The van der Waals surface area contributed by atoms with Gasteiger partial charge in [0, 0.05) is 13.6 Å². The van der Waals surface area contributed by atoms with Crippen LogP contribution in [0.3, 0.4) is 0 Å². The number of nitrogens with zero attached hydrogens (tertiary/aromatic N) is 1. The van der Waals surface area contributed by atoms with Crippen molar-refractivity contribution in [2.24, 2.45) is 0 Å². The fraction of sp³-hybridized carbons (Fsp3) is 0.857. The van der Waals surface area contributed by atoms with Crippen LogP contribution < -0.4 is 0 Å². The minimum atomic E-state index is 0.0694. The van der Waals surface area contributed by atoms with Crippen molar-refractivity contribution in [3.8, 4) is 0 Å². The summed E-state index contributed by atoms with van der Waals surface area (Å²) in [6.07, 6.45) is 3.29. The van der Waals surface area contributed by atoms with Crippen LogP contribution in [-0.4, -0.2) is 29.2 Å². The van der Waals surface area contributed by atoms with Gasteiger partial charge in [-0.1, -0.05) is 22.4 Å². The Morgan fingerprint density at radius 3 is 3.00 bits per heavy atom. The molecule has 3 heteroatoms. The lowest BCUT2D eigenvalue weighted by molar-refractivity contribution is -0.128. The average Bonchev–Trinajstić information content (AvgIpc) is 2.04. The SMILES string of the molecule is CN1CCCCC(Br)C1=O. The summed E-state index contributed by atoms with van der Waals surface area (Å²) in [5, 5.41) is 0. The zero-order valence-electron chi connectivity index (χ0n) is 6.14. The van der Waals surface area contributed by atoms with E-state index in [1.54, 1.807) is 4.90 Å². The van der Waals surface area contributed by atoms with Crippen LogP contribution in [0.4, 0.5) is 0 Å². The summed E-state index contributed by atoms with van der Waals surface area (Å²) >= 11 is 3.35. The highest BCUT2D eigenvalue weighted by Gasteiger charge is 2.21. The number of carbonyl (C=O) groups is 1. The van der Waals surface area contributed by atoms with E-state index < -0.39 is 0 Å². The van der Waals surface area contributed by atoms with Gasteiger partial charge in [0.05, 0.1) is 4.83 Å². The van der Waals surface area contributed by atoms with E-state index in [0.717, 1.165) is 25.8 Å². The van der Waals surface area contributed by atoms with Crippen molar-refractivity contribution in [3.05, 3.63) is 0 Å². The summed E-state index contributed by atoms with van der Waals surface area (Å²) in [4.78, 5) is 13.1. The van der Waals surface area contributed by atoms with E-state index in [2.05, 4.69) is 15.9 Å². The maximum absolute atomic E-state index is 11.2. The van der Waals surface area contributed by atoms with Gasteiger partial charge in [-0.3, -0.25) is 4.79 Å². The lowest BCUT2D eigenvalue weighted by atomic mass is 10.2. The molecule has 1 aliphatic rings. The highest BCUT2D eigenvalue weighted by Crippen LogP contribution is 2.16. The number of halogens is 1. The number of hydrogen-bond acceptors (Lipinski definition) is 1. The van der Waals surface area contributed by atoms with Crippen LogP contribution in [0.15, 0.2) is 0 Å². The van der Waals surface area contributed by atoms with Gasteiger partial charge in [0.2, 0.25) is 5.91 Å². The minimum absolute atomic E-state index is 0.0694. The standard InChI is InChI=1S/C7H12BrNO/c1-9-5-3-2-4-6(8)7(9)10/h6H,2-5H2,1H3. The van der Waals surface area contributed by atoms with Gasteiger partial charge in [0.1, 0.15) is 0 Å². The summed E-state index contributed by atoms with van der Waals surface area (Å²) in [6, 6.07) is 0. The lowest BCUT2D eigenvalue weighted by Gasteiger charge is -2.15. The third-order valence-corrected chi connectivity index (χ3v) is 2.69. The first-order valence-corrected chi connectivity index (χ1v) is 4.52. The fourth-order valence-electron chi connectivity index (χ4n) is 1.15. The minimum Gasteiger partial charge on any atom is -0.345 e. The Labute approximate surface area is 69.7 Å². The second kappa shape index (κ2) is 3.37. The Morgan fingerprint density at radius 2 is 2.30 bits per heavy atom. The maximum atomic E-state index is 11.2. The molecular weight excluding hydrogens is 194 g/mol. The first-order valence-electron chi connectivity index (χ1n) is 3.61. The number of hydrogen-bond donors (Lipinski definition) is 0.